The van der Waals surface area contributed by atoms with Crippen molar-refractivity contribution in [2.24, 2.45) is 5.73 Å². The number of hydrogen-bond acceptors (Lipinski definition) is 5. The van der Waals surface area contributed by atoms with Gasteiger partial charge in [-0.25, -0.2) is 13.2 Å². The number of carbonyl (C=O) groups is 2. The maximum Gasteiger partial charge on any atom is 0.345 e. The first-order valence-electron chi connectivity index (χ1n) is 4.44. The Bertz CT molecular complexity index is 659. The zero-order valence-electron chi connectivity index (χ0n) is 8.47. The summed E-state index contributed by atoms with van der Waals surface area (Å²) in [6.07, 6.45) is 0. The zero-order valence-corrected chi connectivity index (χ0v) is 9.28. The molecule has 1 aromatic rings. The lowest BCUT2D eigenvalue weighted by Gasteiger charge is -2.17. The Labute approximate surface area is 96.6 Å². The van der Waals surface area contributed by atoms with Crippen molar-refractivity contribution in [2.75, 3.05) is 0 Å². The van der Waals surface area contributed by atoms with Crippen LogP contribution in [0.25, 0.3) is 0 Å². The third kappa shape index (κ3) is 1.60. The molecular weight excluding hydrogens is 246 g/mol. The SMILES string of the molecule is C=C1OC(=O)c2ccc(C(N)=O)cc2S1(=O)=O. The molecule has 0 spiro atoms. The van der Waals surface area contributed by atoms with Crippen LogP contribution in [-0.4, -0.2) is 20.3 Å². The minimum absolute atomic E-state index is 0.00479. The minimum Gasteiger partial charge on any atom is -0.411 e. The van der Waals surface area contributed by atoms with Gasteiger partial charge in [-0.1, -0.05) is 0 Å². The predicted octanol–water partition coefficient (Wildman–Crippen LogP) is 0.201. The number of fused-ring (bicyclic) bond motifs is 1. The van der Waals surface area contributed by atoms with Crippen molar-refractivity contribution in [3.05, 3.63) is 41.0 Å². The molecule has 0 bridgehead atoms. The van der Waals surface area contributed by atoms with Gasteiger partial charge in [-0.15, -0.1) is 0 Å². The number of hydrogen-bond donors (Lipinski definition) is 1. The summed E-state index contributed by atoms with van der Waals surface area (Å²) in [7, 11) is -3.95. The highest BCUT2D eigenvalue weighted by Gasteiger charge is 2.34. The van der Waals surface area contributed by atoms with E-state index < -0.39 is 26.8 Å². The van der Waals surface area contributed by atoms with E-state index in [4.69, 9.17) is 5.73 Å². The normalized spacial score (nSPS) is 17.2. The Hall–Kier alpha value is -2.15. The third-order valence-corrected chi connectivity index (χ3v) is 3.88. The number of nitrogens with two attached hydrogens (primary N) is 1. The van der Waals surface area contributed by atoms with Crippen molar-refractivity contribution in [3.63, 3.8) is 0 Å². The van der Waals surface area contributed by atoms with Crippen molar-refractivity contribution >= 4 is 21.7 Å². The van der Waals surface area contributed by atoms with Gasteiger partial charge in [-0.3, -0.25) is 4.79 Å². The molecule has 0 aliphatic carbocycles. The molecule has 1 aliphatic rings. The number of amides is 1. The molecule has 2 N–H and O–H groups in total. The van der Waals surface area contributed by atoms with E-state index in [1.807, 2.05) is 0 Å². The van der Waals surface area contributed by atoms with E-state index in [1.165, 1.54) is 12.1 Å². The van der Waals surface area contributed by atoms with E-state index in [2.05, 4.69) is 11.3 Å². The molecule has 0 aromatic heterocycles. The molecule has 0 radical (unpaired) electrons. The smallest absolute Gasteiger partial charge is 0.345 e. The number of ether oxygens (including phenoxy) is 1. The van der Waals surface area contributed by atoms with E-state index in [-0.39, 0.29) is 16.0 Å². The molecule has 17 heavy (non-hydrogen) atoms. The Morgan fingerprint density at radius 1 is 1.35 bits per heavy atom. The highest BCUT2D eigenvalue weighted by Crippen LogP contribution is 2.30. The summed E-state index contributed by atoms with van der Waals surface area (Å²) < 4.78 is 28.1. The molecule has 7 heteroatoms. The molecule has 2 rings (SSSR count). The van der Waals surface area contributed by atoms with Crippen molar-refractivity contribution < 1.29 is 22.7 Å². The second kappa shape index (κ2) is 3.42. The monoisotopic (exact) mass is 253 g/mol. The topological polar surface area (TPSA) is 104 Å². The van der Waals surface area contributed by atoms with Crippen molar-refractivity contribution in [2.45, 2.75) is 4.90 Å². The molecule has 88 valence electrons. The van der Waals surface area contributed by atoms with Crippen molar-refractivity contribution in [1.82, 2.24) is 0 Å². The van der Waals surface area contributed by atoms with Gasteiger partial charge in [0.05, 0.1) is 10.5 Å². The van der Waals surface area contributed by atoms with E-state index in [9.17, 15) is 18.0 Å². The van der Waals surface area contributed by atoms with Crippen molar-refractivity contribution in [1.29, 1.82) is 0 Å². The lowest BCUT2D eigenvalue weighted by Crippen LogP contribution is -2.23. The fourth-order valence-corrected chi connectivity index (χ4v) is 2.56. The average molecular weight is 253 g/mol. The van der Waals surface area contributed by atoms with E-state index in [0.29, 0.717) is 0 Å². The van der Waals surface area contributed by atoms with E-state index in [1.54, 1.807) is 0 Å². The first-order valence-corrected chi connectivity index (χ1v) is 5.92. The number of cyclic esters (lactones) is 1. The Kier molecular flexibility index (Phi) is 2.28. The van der Waals surface area contributed by atoms with Gasteiger partial charge in [0.1, 0.15) is 0 Å². The second-order valence-electron chi connectivity index (χ2n) is 3.34. The highest BCUT2D eigenvalue weighted by molar-refractivity contribution is 7.95. The number of rotatable bonds is 1. The number of benzene rings is 1. The Morgan fingerprint density at radius 2 is 2.00 bits per heavy atom. The number of primary amides is 1. The van der Waals surface area contributed by atoms with Crippen LogP contribution in [0.15, 0.2) is 34.8 Å². The first kappa shape index (κ1) is 11.3. The summed E-state index contributed by atoms with van der Waals surface area (Å²) in [4.78, 5) is 22.0. The molecule has 6 nitrogen and oxygen atoms in total. The van der Waals surface area contributed by atoms with Crippen LogP contribution in [-0.2, 0) is 14.6 Å². The largest absolute Gasteiger partial charge is 0.411 e. The maximum atomic E-state index is 11.8. The van der Waals surface area contributed by atoms with Gasteiger partial charge in [0.25, 0.3) is 0 Å². The Balaban J connectivity index is 2.79. The van der Waals surface area contributed by atoms with Gasteiger partial charge < -0.3 is 10.5 Å². The minimum atomic E-state index is -3.95. The lowest BCUT2D eigenvalue weighted by atomic mass is 10.1. The van der Waals surface area contributed by atoms with Gasteiger partial charge in [0, 0.05) is 5.56 Å². The van der Waals surface area contributed by atoms with E-state index in [0.717, 1.165) is 6.07 Å². The molecule has 1 amide bonds. The maximum absolute atomic E-state index is 11.8. The molecule has 1 aliphatic heterocycles. The molecular formula is C10H7NO5S. The number of sulfone groups is 1. The zero-order chi connectivity index (χ0) is 12.8. The summed E-state index contributed by atoms with van der Waals surface area (Å²) in [5, 5.41) is -0.656. The van der Waals surface area contributed by atoms with Crippen LogP contribution in [0, 0.1) is 0 Å². The summed E-state index contributed by atoms with van der Waals surface area (Å²) in [6.45, 7) is 3.14. The second-order valence-corrected chi connectivity index (χ2v) is 5.24. The van der Waals surface area contributed by atoms with E-state index >= 15 is 0 Å². The molecule has 0 unspecified atom stereocenters. The van der Waals surface area contributed by atoms with Crippen molar-refractivity contribution in [3.8, 4) is 0 Å². The average Bonchev–Trinajstić information content (AvgIpc) is 2.26. The highest BCUT2D eigenvalue weighted by atomic mass is 32.2. The van der Waals surface area contributed by atoms with Crippen LogP contribution in [0.3, 0.4) is 0 Å². The van der Waals surface area contributed by atoms with Crippen LogP contribution in [0.5, 0.6) is 0 Å². The van der Waals surface area contributed by atoms with Gasteiger partial charge in [-0.2, -0.15) is 0 Å². The molecule has 0 atom stereocenters. The van der Waals surface area contributed by atoms with Crippen LogP contribution in [0.1, 0.15) is 20.7 Å². The molecule has 0 saturated heterocycles. The van der Waals surface area contributed by atoms with Gasteiger partial charge in [0.2, 0.25) is 20.8 Å². The quantitative estimate of drug-likeness (QED) is 0.720. The third-order valence-electron chi connectivity index (χ3n) is 2.28. The standard InChI is InChI=1S/C10H7NO5S/c1-5-16-10(13)7-3-2-6(9(11)12)4-8(7)17(5,14)15/h2-4H,1H2,(H2,11,12). The van der Waals surface area contributed by atoms with Gasteiger partial charge in [-0.05, 0) is 24.8 Å². The van der Waals surface area contributed by atoms with Gasteiger partial charge >= 0.3 is 5.97 Å². The summed E-state index contributed by atoms with van der Waals surface area (Å²) in [5.41, 5.74) is 4.89. The fraction of sp³-hybridized carbons (Fsp3) is 0. The lowest BCUT2D eigenvalue weighted by molar-refractivity contribution is 0.0636. The number of esters is 1. The fourth-order valence-electron chi connectivity index (χ4n) is 1.40. The molecule has 1 heterocycles. The first-order chi connectivity index (χ1) is 7.84. The summed E-state index contributed by atoms with van der Waals surface area (Å²) in [6, 6.07) is 3.48. The summed E-state index contributed by atoms with van der Waals surface area (Å²) in [5.74, 6) is -1.61. The molecule has 1 aromatic carbocycles. The van der Waals surface area contributed by atoms with Crippen LogP contribution >= 0.6 is 0 Å². The van der Waals surface area contributed by atoms with Gasteiger partial charge in [0.15, 0.2) is 0 Å². The Morgan fingerprint density at radius 3 is 2.59 bits per heavy atom. The summed E-state index contributed by atoms with van der Waals surface area (Å²) >= 11 is 0. The van der Waals surface area contributed by atoms with Crippen LogP contribution < -0.4 is 5.73 Å². The molecule has 0 fully saturated rings. The van der Waals surface area contributed by atoms with Crippen LogP contribution in [0.2, 0.25) is 0 Å². The van der Waals surface area contributed by atoms with Crippen LogP contribution in [0.4, 0.5) is 0 Å². The number of carbonyl (C=O) groups excluding carboxylic acids is 2. The predicted molar refractivity (Wildman–Crippen MR) is 56.7 cm³/mol. The molecule has 0 saturated carbocycles.